The Balaban J connectivity index is 1.28. The topological polar surface area (TPSA) is 84.9 Å². The van der Waals surface area contributed by atoms with Gasteiger partial charge in [0.05, 0.1) is 5.54 Å². The van der Waals surface area contributed by atoms with E-state index in [1.807, 2.05) is 37.9 Å². The number of hydrogen-bond acceptors (Lipinski definition) is 4. The summed E-state index contributed by atoms with van der Waals surface area (Å²) in [5.41, 5.74) is 3.09. The van der Waals surface area contributed by atoms with Gasteiger partial charge in [0.1, 0.15) is 12.0 Å². The summed E-state index contributed by atoms with van der Waals surface area (Å²) in [7, 11) is 1.92. The first kappa shape index (κ1) is 26.1. The molecule has 194 valence electrons. The van der Waals surface area contributed by atoms with Crippen LogP contribution in [-0.4, -0.2) is 51.7 Å². The van der Waals surface area contributed by atoms with Crippen molar-refractivity contribution in [1.29, 1.82) is 0 Å². The Bertz CT molecular complexity index is 1100. The third kappa shape index (κ3) is 5.87. The van der Waals surface area contributed by atoms with E-state index < -0.39 is 11.8 Å². The third-order valence-electron chi connectivity index (χ3n) is 7.61. The zero-order chi connectivity index (χ0) is 26.0. The lowest BCUT2D eigenvalue weighted by Gasteiger charge is -2.43. The molecule has 36 heavy (non-hydrogen) atoms. The molecular formula is C28H37FN4O3. The van der Waals surface area contributed by atoms with E-state index in [9.17, 15) is 19.1 Å². The monoisotopic (exact) mass is 496 g/mol. The molecule has 2 aromatic rings. The first-order valence-electron chi connectivity index (χ1n) is 12.7. The normalized spacial score (nSPS) is 20.7. The fourth-order valence-electron chi connectivity index (χ4n) is 5.59. The quantitative estimate of drug-likeness (QED) is 0.512. The van der Waals surface area contributed by atoms with Crippen molar-refractivity contribution in [2.75, 3.05) is 12.4 Å². The Morgan fingerprint density at radius 2 is 1.69 bits per heavy atom. The minimum atomic E-state index is -0.770. The van der Waals surface area contributed by atoms with Gasteiger partial charge in [-0.2, -0.15) is 0 Å². The van der Waals surface area contributed by atoms with Crippen molar-refractivity contribution in [2.24, 2.45) is 0 Å². The second-order valence-corrected chi connectivity index (χ2v) is 10.8. The number of amides is 3. The maximum Gasteiger partial charge on any atom is 0.322 e. The molecule has 2 aliphatic rings. The molecule has 0 spiro atoms. The average Bonchev–Trinajstić information content (AvgIpc) is 3.26. The van der Waals surface area contributed by atoms with E-state index in [1.165, 1.54) is 24.6 Å². The third-order valence-corrected chi connectivity index (χ3v) is 7.61. The lowest BCUT2D eigenvalue weighted by molar-refractivity contribution is -0.126. The summed E-state index contributed by atoms with van der Waals surface area (Å²) in [5.74, 6) is -0.00290. The van der Waals surface area contributed by atoms with Crippen molar-refractivity contribution in [3.63, 3.8) is 0 Å². The van der Waals surface area contributed by atoms with E-state index >= 15 is 0 Å². The van der Waals surface area contributed by atoms with E-state index in [1.54, 1.807) is 11.0 Å². The zero-order valence-corrected chi connectivity index (χ0v) is 21.6. The van der Waals surface area contributed by atoms with E-state index in [-0.39, 0.29) is 23.8 Å². The number of hydrogen-bond donors (Lipinski definition) is 3. The summed E-state index contributed by atoms with van der Waals surface area (Å²) in [4.78, 5) is 27.9. The summed E-state index contributed by atoms with van der Waals surface area (Å²) in [6, 6.07) is 12.8. The molecular weight excluding hydrogens is 459 g/mol. The highest BCUT2D eigenvalue weighted by Crippen LogP contribution is 2.36. The zero-order valence-electron chi connectivity index (χ0n) is 21.6. The average molecular weight is 497 g/mol. The first-order valence-corrected chi connectivity index (χ1v) is 12.7. The van der Waals surface area contributed by atoms with Crippen LogP contribution in [0.1, 0.15) is 69.1 Å². The Morgan fingerprint density at radius 1 is 1.06 bits per heavy atom. The Kier molecular flexibility index (Phi) is 7.66. The fourth-order valence-corrected chi connectivity index (χ4v) is 5.59. The molecule has 7 nitrogen and oxygen atoms in total. The molecule has 0 radical (unpaired) electrons. The number of urea groups is 1. The molecule has 8 heteroatoms. The number of benzene rings is 2. The Hall–Kier alpha value is -2.97. The number of aliphatic hydroxyl groups is 1. The van der Waals surface area contributed by atoms with Gasteiger partial charge in [-0.25, -0.2) is 9.18 Å². The van der Waals surface area contributed by atoms with Crippen LogP contribution in [0.25, 0.3) is 0 Å². The number of rotatable bonds is 6. The summed E-state index contributed by atoms with van der Waals surface area (Å²) in [5, 5.41) is 16.6. The number of fused-ring (bicyclic) bond motifs is 1. The Morgan fingerprint density at radius 3 is 2.33 bits per heavy atom. The van der Waals surface area contributed by atoms with Crippen molar-refractivity contribution in [3.8, 4) is 0 Å². The summed E-state index contributed by atoms with van der Waals surface area (Å²) in [6.45, 7) is 6.03. The van der Waals surface area contributed by atoms with Crippen LogP contribution in [0.15, 0.2) is 42.5 Å². The maximum atomic E-state index is 13.5. The highest BCUT2D eigenvalue weighted by molar-refractivity contribution is 5.89. The van der Waals surface area contributed by atoms with E-state index in [2.05, 4.69) is 22.8 Å². The molecule has 4 rings (SSSR count). The lowest BCUT2D eigenvalue weighted by atomic mass is 9.81. The molecule has 1 saturated carbocycles. The molecule has 0 saturated heterocycles. The second kappa shape index (κ2) is 10.6. The van der Waals surface area contributed by atoms with Gasteiger partial charge in [0.2, 0.25) is 5.91 Å². The molecule has 1 unspecified atom stereocenters. The number of halogens is 1. The molecule has 1 heterocycles. The second-order valence-electron chi connectivity index (χ2n) is 10.8. The van der Waals surface area contributed by atoms with Crippen molar-refractivity contribution in [2.45, 2.75) is 83.3 Å². The largest absolute Gasteiger partial charge is 0.376 e. The van der Waals surface area contributed by atoms with Crippen LogP contribution < -0.4 is 10.6 Å². The van der Waals surface area contributed by atoms with Gasteiger partial charge >= 0.3 is 6.03 Å². The first-order chi connectivity index (χ1) is 17.0. The number of nitrogens with zero attached hydrogens (tertiary/aromatic N) is 2. The highest BCUT2D eigenvalue weighted by atomic mass is 19.1. The molecule has 2 aromatic carbocycles. The van der Waals surface area contributed by atoms with Gasteiger partial charge in [0, 0.05) is 31.7 Å². The van der Waals surface area contributed by atoms with Crippen molar-refractivity contribution < 1.29 is 19.1 Å². The highest BCUT2D eigenvalue weighted by Gasteiger charge is 2.36. The van der Waals surface area contributed by atoms with Crippen LogP contribution in [0.2, 0.25) is 0 Å². The molecule has 1 atom stereocenters. The van der Waals surface area contributed by atoms with Gasteiger partial charge in [-0.1, -0.05) is 18.2 Å². The van der Waals surface area contributed by atoms with E-state index in [0.29, 0.717) is 19.0 Å². The Labute approximate surface area is 212 Å². The minimum Gasteiger partial charge on any atom is -0.376 e. The number of anilines is 1. The van der Waals surface area contributed by atoms with Crippen LogP contribution in [0.5, 0.6) is 0 Å². The maximum absolute atomic E-state index is 13.5. The fraction of sp³-hybridized carbons (Fsp3) is 0.500. The van der Waals surface area contributed by atoms with Gasteiger partial charge in [-0.15, -0.1) is 0 Å². The van der Waals surface area contributed by atoms with E-state index in [0.717, 1.165) is 42.5 Å². The van der Waals surface area contributed by atoms with Gasteiger partial charge in [-0.05, 0) is 93.5 Å². The molecule has 1 aliphatic carbocycles. The summed E-state index contributed by atoms with van der Waals surface area (Å²) in [6.07, 6.45) is 3.17. The predicted octanol–water partition coefficient (Wildman–Crippen LogP) is 4.56. The molecule has 0 aromatic heterocycles. The van der Waals surface area contributed by atoms with Crippen LogP contribution in [-0.2, 0) is 17.9 Å². The van der Waals surface area contributed by atoms with Crippen molar-refractivity contribution >= 4 is 17.6 Å². The number of carbonyl (C=O) groups excluding carboxylic acids is 2. The van der Waals surface area contributed by atoms with Gasteiger partial charge in [-0.3, -0.25) is 9.69 Å². The van der Waals surface area contributed by atoms with Gasteiger partial charge < -0.3 is 20.6 Å². The van der Waals surface area contributed by atoms with Gasteiger partial charge in [0.15, 0.2) is 0 Å². The van der Waals surface area contributed by atoms with E-state index in [4.69, 9.17) is 0 Å². The minimum absolute atomic E-state index is 0.156. The molecule has 0 bridgehead atoms. The predicted molar refractivity (Wildman–Crippen MR) is 138 cm³/mol. The number of aliphatic hydroxyl groups excluding tert-OH is 1. The number of nitrogens with one attached hydrogen (secondary N) is 2. The molecule has 3 amide bonds. The standard InChI is InChI=1S/C28H37FN4O3/c1-18(34)31-28(2,3)26(35)32(4)25-13-8-20(9-14-25)19-6-11-24(12-7-19)30-27(36)33-16-21-5-10-23(29)15-22(21)17-33/h5-7,10-12,15,20,25-26,35H,8-9,13-14,16-17H2,1-4H3,(H,30,36)(H,31,34). The lowest BCUT2D eigenvalue weighted by Crippen LogP contribution is -2.59. The molecule has 3 N–H and O–H groups in total. The van der Waals surface area contributed by atoms with Crippen LogP contribution in [0.4, 0.5) is 14.9 Å². The number of likely N-dealkylation sites (N-methyl/N-ethyl adjacent to an activating group) is 1. The van der Waals surface area contributed by atoms with Crippen LogP contribution in [0, 0.1) is 5.82 Å². The summed E-state index contributed by atoms with van der Waals surface area (Å²) >= 11 is 0. The smallest absolute Gasteiger partial charge is 0.322 e. The van der Waals surface area contributed by atoms with Crippen LogP contribution >= 0.6 is 0 Å². The van der Waals surface area contributed by atoms with Gasteiger partial charge in [0.25, 0.3) is 0 Å². The SMILES string of the molecule is CC(=O)NC(C)(C)C(O)N(C)C1CCC(c2ccc(NC(=O)N3Cc4ccc(F)cc4C3)cc2)CC1. The number of carbonyl (C=O) groups is 2. The van der Waals surface area contributed by atoms with Crippen LogP contribution in [0.3, 0.4) is 0 Å². The van der Waals surface area contributed by atoms with Crippen molar-refractivity contribution in [3.05, 3.63) is 65.0 Å². The van der Waals surface area contributed by atoms with Crippen molar-refractivity contribution in [1.82, 2.24) is 15.1 Å². The molecule has 1 fully saturated rings. The summed E-state index contributed by atoms with van der Waals surface area (Å²) < 4.78 is 13.5. The molecule has 1 aliphatic heterocycles.